The average molecular weight is 265 g/mol. The van der Waals surface area contributed by atoms with Gasteiger partial charge in [0.15, 0.2) is 0 Å². The van der Waals surface area contributed by atoms with Crippen LogP contribution in [0.4, 0.5) is 0 Å². The third kappa shape index (κ3) is 4.43. The molecule has 3 heteroatoms. The van der Waals surface area contributed by atoms with Crippen LogP contribution in [0.3, 0.4) is 0 Å². The van der Waals surface area contributed by atoms with Gasteiger partial charge in [0.05, 0.1) is 14.2 Å². The lowest BCUT2D eigenvalue weighted by Crippen LogP contribution is -2.26. The van der Waals surface area contributed by atoms with Crippen LogP contribution in [0.1, 0.15) is 39.2 Å². The summed E-state index contributed by atoms with van der Waals surface area (Å²) < 4.78 is 10.8. The Morgan fingerprint density at radius 3 is 2.42 bits per heavy atom. The lowest BCUT2D eigenvalue weighted by molar-refractivity contribution is 0.374. The van der Waals surface area contributed by atoms with Gasteiger partial charge < -0.3 is 14.8 Å². The Kier molecular flexibility index (Phi) is 6.16. The van der Waals surface area contributed by atoms with Crippen LogP contribution in [0.2, 0.25) is 0 Å². The second-order valence-corrected chi connectivity index (χ2v) is 5.45. The van der Waals surface area contributed by atoms with Crippen LogP contribution in [0.15, 0.2) is 18.2 Å². The number of methoxy groups -OCH3 is 2. The molecule has 0 aliphatic rings. The maximum absolute atomic E-state index is 5.48. The van der Waals surface area contributed by atoms with E-state index in [2.05, 4.69) is 32.2 Å². The Morgan fingerprint density at radius 2 is 1.84 bits per heavy atom. The number of ether oxygens (including phenoxy) is 2. The molecule has 0 amide bonds. The van der Waals surface area contributed by atoms with E-state index in [4.69, 9.17) is 9.47 Å². The first-order valence-corrected chi connectivity index (χ1v) is 6.98. The molecule has 0 aliphatic carbocycles. The van der Waals surface area contributed by atoms with Gasteiger partial charge >= 0.3 is 0 Å². The highest BCUT2D eigenvalue weighted by molar-refractivity contribution is 5.44. The minimum absolute atomic E-state index is 0.0562. The molecule has 0 radical (unpaired) electrons. The van der Waals surface area contributed by atoms with Crippen molar-refractivity contribution in [3.8, 4) is 11.5 Å². The summed E-state index contributed by atoms with van der Waals surface area (Å²) in [5.41, 5.74) is 1.26. The average Bonchev–Trinajstić information content (AvgIpc) is 2.43. The molecule has 0 bridgehead atoms. The molecule has 1 aromatic carbocycles. The molecule has 0 unspecified atom stereocenters. The highest BCUT2D eigenvalue weighted by atomic mass is 16.5. The normalized spacial score (nSPS) is 11.4. The van der Waals surface area contributed by atoms with Crippen molar-refractivity contribution in [2.45, 2.75) is 39.0 Å². The molecule has 1 aromatic rings. The molecule has 0 spiro atoms. The molecule has 0 aromatic heterocycles. The quantitative estimate of drug-likeness (QED) is 0.731. The van der Waals surface area contributed by atoms with Crippen molar-refractivity contribution in [3.05, 3.63) is 23.8 Å². The van der Waals surface area contributed by atoms with E-state index in [1.165, 1.54) is 12.0 Å². The van der Waals surface area contributed by atoms with Crippen LogP contribution >= 0.6 is 0 Å². The Bertz CT molecular complexity index is 388. The fraction of sp³-hybridized carbons (Fsp3) is 0.625. The van der Waals surface area contributed by atoms with E-state index in [0.717, 1.165) is 31.0 Å². The molecule has 19 heavy (non-hydrogen) atoms. The molecule has 1 rings (SSSR count). The fourth-order valence-electron chi connectivity index (χ4n) is 2.18. The second-order valence-electron chi connectivity index (χ2n) is 5.45. The monoisotopic (exact) mass is 265 g/mol. The Labute approximate surface area is 117 Å². The SMILES string of the molecule is CCCNCCC(C)(C)c1cc(OC)ccc1OC. The van der Waals surface area contributed by atoms with Crippen LogP contribution in [0.5, 0.6) is 11.5 Å². The zero-order chi connectivity index (χ0) is 14.3. The molecule has 0 fully saturated rings. The largest absolute Gasteiger partial charge is 0.497 e. The fourth-order valence-corrected chi connectivity index (χ4v) is 2.18. The van der Waals surface area contributed by atoms with Gasteiger partial charge in [0.2, 0.25) is 0 Å². The molecule has 0 saturated carbocycles. The van der Waals surface area contributed by atoms with E-state index >= 15 is 0 Å². The van der Waals surface area contributed by atoms with Crippen LogP contribution in [0.25, 0.3) is 0 Å². The number of nitrogens with one attached hydrogen (secondary N) is 1. The molecule has 0 aliphatic heterocycles. The van der Waals surface area contributed by atoms with Crippen molar-refractivity contribution in [2.75, 3.05) is 27.3 Å². The number of hydrogen-bond donors (Lipinski definition) is 1. The van der Waals surface area contributed by atoms with Gasteiger partial charge in [-0.25, -0.2) is 0 Å². The van der Waals surface area contributed by atoms with Gasteiger partial charge in [-0.15, -0.1) is 0 Å². The van der Waals surface area contributed by atoms with Crippen molar-refractivity contribution < 1.29 is 9.47 Å². The molecule has 0 atom stereocenters. The van der Waals surface area contributed by atoms with Crippen LogP contribution in [-0.2, 0) is 5.41 Å². The van der Waals surface area contributed by atoms with Gasteiger partial charge in [-0.05, 0) is 49.5 Å². The van der Waals surface area contributed by atoms with E-state index < -0.39 is 0 Å². The van der Waals surface area contributed by atoms with E-state index in [9.17, 15) is 0 Å². The second kappa shape index (κ2) is 7.39. The van der Waals surface area contributed by atoms with Gasteiger partial charge in [-0.1, -0.05) is 20.8 Å². The van der Waals surface area contributed by atoms with Crippen molar-refractivity contribution in [2.24, 2.45) is 0 Å². The number of benzene rings is 1. The topological polar surface area (TPSA) is 30.5 Å². The van der Waals surface area contributed by atoms with Crippen molar-refractivity contribution in [1.29, 1.82) is 0 Å². The van der Waals surface area contributed by atoms with Gasteiger partial charge in [-0.2, -0.15) is 0 Å². The number of hydrogen-bond acceptors (Lipinski definition) is 3. The third-order valence-corrected chi connectivity index (χ3v) is 3.49. The van der Waals surface area contributed by atoms with Crippen LogP contribution in [-0.4, -0.2) is 27.3 Å². The Hall–Kier alpha value is -1.22. The van der Waals surface area contributed by atoms with Crippen molar-refractivity contribution in [1.82, 2.24) is 5.32 Å². The summed E-state index contributed by atoms with van der Waals surface area (Å²) in [7, 11) is 3.41. The molecule has 108 valence electrons. The first kappa shape index (κ1) is 15.8. The van der Waals surface area contributed by atoms with Gasteiger partial charge in [0.1, 0.15) is 11.5 Å². The third-order valence-electron chi connectivity index (χ3n) is 3.49. The Balaban J connectivity index is 2.85. The van der Waals surface area contributed by atoms with Crippen LogP contribution in [0, 0.1) is 0 Å². The highest BCUT2D eigenvalue weighted by Gasteiger charge is 2.24. The summed E-state index contributed by atoms with van der Waals surface area (Å²) in [6.07, 6.45) is 2.24. The van der Waals surface area contributed by atoms with E-state index in [1.807, 2.05) is 12.1 Å². The lowest BCUT2D eigenvalue weighted by Gasteiger charge is -2.27. The standard InChI is InChI=1S/C16H27NO2/c1-6-10-17-11-9-16(2,3)14-12-13(18-4)7-8-15(14)19-5/h7-8,12,17H,6,9-11H2,1-5H3. The molecule has 3 nitrogen and oxygen atoms in total. The Morgan fingerprint density at radius 1 is 1.11 bits per heavy atom. The van der Waals surface area contributed by atoms with Gasteiger partial charge in [0, 0.05) is 5.56 Å². The molecular formula is C16H27NO2. The minimum Gasteiger partial charge on any atom is -0.497 e. The minimum atomic E-state index is 0.0562. The predicted molar refractivity (Wildman–Crippen MR) is 80.3 cm³/mol. The molecule has 0 saturated heterocycles. The van der Waals surface area contributed by atoms with Crippen LogP contribution < -0.4 is 14.8 Å². The van der Waals surface area contributed by atoms with E-state index in [0.29, 0.717) is 0 Å². The molecule has 0 heterocycles. The summed E-state index contributed by atoms with van der Waals surface area (Å²) in [6, 6.07) is 6.00. The van der Waals surface area contributed by atoms with Gasteiger partial charge in [-0.3, -0.25) is 0 Å². The molecule has 1 N–H and O–H groups in total. The first-order chi connectivity index (χ1) is 9.05. The summed E-state index contributed by atoms with van der Waals surface area (Å²) in [6.45, 7) is 8.77. The highest BCUT2D eigenvalue weighted by Crippen LogP contribution is 2.36. The van der Waals surface area contributed by atoms with Crippen molar-refractivity contribution in [3.63, 3.8) is 0 Å². The van der Waals surface area contributed by atoms with Gasteiger partial charge in [0.25, 0.3) is 0 Å². The zero-order valence-electron chi connectivity index (χ0n) is 12.9. The van der Waals surface area contributed by atoms with Crippen molar-refractivity contribution >= 4 is 0 Å². The van der Waals surface area contributed by atoms with E-state index in [1.54, 1.807) is 14.2 Å². The number of rotatable bonds is 8. The summed E-state index contributed by atoms with van der Waals surface area (Å²) in [4.78, 5) is 0. The molecular weight excluding hydrogens is 238 g/mol. The maximum Gasteiger partial charge on any atom is 0.122 e. The zero-order valence-corrected chi connectivity index (χ0v) is 12.9. The lowest BCUT2D eigenvalue weighted by atomic mass is 9.81. The smallest absolute Gasteiger partial charge is 0.122 e. The predicted octanol–water partition coefficient (Wildman–Crippen LogP) is 3.37. The maximum atomic E-state index is 5.48. The summed E-state index contributed by atoms with van der Waals surface area (Å²) in [5.74, 6) is 1.81. The summed E-state index contributed by atoms with van der Waals surface area (Å²) >= 11 is 0. The first-order valence-electron chi connectivity index (χ1n) is 6.98. The van der Waals surface area contributed by atoms with E-state index in [-0.39, 0.29) is 5.41 Å². The summed E-state index contributed by atoms with van der Waals surface area (Å²) in [5, 5.41) is 3.45.